The molecule has 0 aliphatic heterocycles. The van der Waals surface area contributed by atoms with Crippen LogP contribution in [-0.2, 0) is 17.4 Å². The fourth-order valence-electron chi connectivity index (χ4n) is 2.78. The molecule has 0 fully saturated rings. The van der Waals surface area contributed by atoms with Crippen LogP contribution in [0.4, 0.5) is 13.2 Å². The van der Waals surface area contributed by atoms with E-state index in [0.717, 1.165) is 17.3 Å². The van der Waals surface area contributed by atoms with E-state index in [1.54, 1.807) is 30.6 Å². The number of halogens is 3. The van der Waals surface area contributed by atoms with Crippen LogP contribution in [0.25, 0.3) is 11.3 Å². The molecule has 1 aromatic carbocycles. The highest BCUT2D eigenvalue weighted by atomic mass is 19.4. The molecule has 0 spiro atoms. The number of carboxylic acid groups (broad SMARTS) is 1. The average Bonchev–Trinajstić information content (AvgIpc) is 2.74. The summed E-state index contributed by atoms with van der Waals surface area (Å²) in [6, 6.07) is 7.79. The van der Waals surface area contributed by atoms with E-state index in [0.29, 0.717) is 11.3 Å². The molecule has 2 heterocycles. The van der Waals surface area contributed by atoms with Crippen molar-refractivity contribution in [1.82, 2.24) is 25.3 Å². The molecule has 0 radical (unpaired) electrons. The lowest BCUT2D eigenvalue weighted by molar-refractivity contribution is -0.141. The van der Waals surface area contributed by atoms with Gasteiger partial charge in [-0.15, -0.1) is 0 Å². The molecule has 11 heteroatoms. The predicted molar refractivity (Wildman–Crippen MR) is 109 cm³/mol. The molecule has 0 aliphatic carbocycles. The van der Waals surface area contributed by atoms with E-state index in [2.05, 4.69) is 25.3 Å². The van der Waals surface area contributed by atoms with E-state index in [1.165, 1.54) is 6.92 Å². The number of nitrogens with zero attached hydrogens (tertiary/aromatic N) is 4. The van der Waals surface area contributed by atoms with Crippen molar-refractivity contribution in [3.63, 3.8) is 0 Å². The molecule has 0 bridgehead atoms. The molecule has 0 atom stereocenters. The van der Waals surface area contributed by atoms with Gasteiger partial charge in [0.25, 0.3) is 12.4 Å². The smallest absolute Gasteiger partial charge is 0.433 e. The summed E-state index contributed by atoms with van der Waals surface area (Å²) in [5, 5.41) is 9.57. The van der Waals surface area contributed by atoms with Crippen LogP contribution in [-0.4, -0.2) is 44.0 Å². The number of rotatable bonds is 5. The second kappa shape index (κ2) is 10.9. The van der Waals surface area contributed by atoms with Crippen molar-refractivity contribution >= 4 is 12.4 Å². The van der Waals surface area contributed by atoms with Gasteiger partial charge in [-0.05, 0) is 32.0 Å². The lowest BCUT2D eigenvalue weighted by atomic mass is 10.1. The van der Waals surface area contributed by atoms with Crippen LogP contribution in [0, 0.1) is 13.8 Å². The molecule has 0 unspecified atom stereocenters. The molecule has 3 aromatic rings. The Kier molecular flexibility index (Phi) is 8.33. The summed E-state index contributed by atoms with van der Waals surface area (Å²) in [5.41, 5.74) is 1.81. The minimum atomic E-state index is -4.54. The number of alkyl halides is 3. The summed E-state index contributed by atoms with van der Waals surface area (Å²) >= 11 is 0. The molecular formula is C21H20F3N5O3. The third kappa shape index (κ3) is 6.83. The standard InChI is InChI=1S/C20H18F3N5O.CH2O2/c1-12-10-16(20(21,22)23)28-17(27-12)6-7-26-19(29)15-5-3-4-14(11-15)18-13(2)24-8-9-25-18;2-1-3/h3-5,8-11H,6-7H2,1-2H3,(H,26,29);1H,(H,2,3). The maximum atomic E-state index is 12.9. The Labute approximate surface area is 181 Å². The molecule has 32 heavy (non-hydrogen) atoms. The fourth-order valence-corrected chi connectivity index (χ4v) is 2.78. The number of aromatic nitrogens is 4. The normalized spacial score (nSPS) is 10.7. The predicted octanol–water partition coefficient (Wildman–Crippen LogP) is 3.24. The van der Waals surface area contributed by atoms with Crippen LogP contribution in [0.1, 0.15) is 33.3 Å². The monoisotopic (exact) mass is 447 g/mol. The third-order valence-corrected chi connectivity index (χ3v) is 4.10. The number of hydrogen-bond acceptors (Lipinski definition) is 6. The van der Waals surface area contributed by atoms with E-state index >= 15 is 0 Å². The van der Waals surface area contributed by atoms with E-state index < -0.39 is 11.9 Å². The average molecular weight is 447 g/mol. The third-order valence-electron chi connectivity index (χ3n) is 4.10. The molecule has 3 rings (SSSR count). The first kappa shape index (κ1) is 24.4. The number of carbonyl (C=O) groups is 2. The molecule has 0 aliphatic rings. The quantitative estimate of drug-likeness (QED) is 0.577. The Morgan fingerprint density at radius 3 is 2.47 bits per heavy atom. The summed E-state index contributed by atoms with van der Waals surface area (Å²) in [4.78, 5) is 36.8. The van der Waals surface area contributed by atoms with Crippen molar-refractivity contribution in [3.05, 3.63) is 71.2 Å². The van der Waals surface area contributed by atoms with Crippen molar-refractivity contribution in [2.24, 2.45) is 0 Å². The zero-order valence-corrected chi connectivity index (χ0v) is 17.2. The number of aryl methyl sites for hydroxylation is 2. The van der Waals surface area contributed by atoms with Gasteiger partial charge < -0.3 is 10.4 Å². The number of benzene rings is 1. The number of hydrogen-bond donors (Lipinski definition) is 2. The van der Waals surface area contributed by atoms with Crippen LogP contribution in [0.3, 0.4) is 0 Å². The molecular weight excluding hydrogens is 427 g/mol. The van der Waals surface area contributed by atoms with Gasteiger partial charge in [0, 0.05) is 42.2 Å². The molecule has 1 amide bonds. The van der Waals surface area contributed by atoms with Gasteiger partial charge in [0.2, 0.25) is 0 Å². The minimum absolute atomic E-state index is 0.0292. The summed E-state index contributed by atoms with van der Waals surface area (Å²) in [7, 11) is 0. The van der Waals surface area contributed by atoms with Gasteiger partial charge in [0.15, 0.2) is 0 Å². The lowest BCUT2D eigenvalue weighted by Gasteiger charge is -2.10. The van der Waals surface area contributed by atoms with Gasteiger partial charge in [-0.2, -0.15) is 13.2 Å². The van der Waals surface area contributed by atoms with E-state index in [1.807, 2.05) is 13.0 Å². The molecule has 0 saturated carbocycles. The summed E-state index contributed by atoms with van der Waals surface area (Å²) in [5.74, 6) is -0.321. The first-order valence-corrected chi connectivity index (χ1v) is 9.31. The van der Waals surface area contributed by atoms with Gasteiger partial charge in [0.1, 0.15) is 11.5 Å². The maximum absolute atomic E-state index is 12.9. The summed E-state index contributed by atoms with van der Waals surface area (Å²) in [6.45, 7) is 3.15. The first-order valence-electron chi connectivity index (χ1n) is 9.31. The second-order valence-corrected chi connectivity index (χ2v) is 6.49. The molecule has 2 aromatic heterocycles. The maximum Gasteiger partial charge on any atom is 0.433 e. The summed E-state index contributed by atoms with van der Waals surface area (Å²) in [6.07, 6.45) is -1.29. The molecule has 8 nitrogen and oxygen atoms in total. The zero-order valence-electron chi connectivity index (χ0n) is 17.2. The molecule has 2 N–H and O–H groups in total. The van der Waals surface area contributed by atoms with Crippen molar-refractivity contribution in [3.8, 4) is 11.3 Å². The van der Waals surface area contributed by atoms with Crippen LogP contribution < -0.4 is 5.32 Å². The number of carbonyl (C=O) groups excluding carboxylic acids is 1. The first-order chi connectivity index (χ1) is 15.2. The highest BCUT2D eigenvalue weighted by Gasteiger charge is 2.33. The Morgan fingerprint density at radius 2 is 1.81 bits per heavy atom. The van der Waals surface area contributed by atoms with Crippen molar-refractivity contribution in [2.45, 2.75) is 26.4 Å². The second-order valence-electron chi connectivity index (χ2n) is 6.49. The SMILES string of the molecule is Cc1cc(C(F)(F)F)nc(CCNC(=O)c2cccc(-c3nccnc3C)c2)n1.O=CO. The highest BCUT2D eigenvalue weighted by molar-refractivity contribution is 5.95. The number of nitrogens with one attached hydrogen (secondary N) is 1. The fraction of sp³-hybridized carbons (Fsp3) is 0.238. The largest absolute Gasteiger partial charge is 0.483 e. The minimum Gasteiger partial charge on any atom is -0.483 e. The highest BCUT2D eigenvalue weighted by Crippen LogP contribution is 2.27. The van der Waals surface area contributed by atoms with Gasteiger partial charge in [-0.25, -0.2) is 9.97 Å². The Bertz CT molecular complexity index is 1090. The molecule has 0 saturated heterocycles. The van der Waals surface area contributed by atoms with Gasteiger partial charge in [-0.1, -0.05) is 12.1 Å². The van der Waals surface area contributed by atoms with Crippen LogP contribution in [0.15, 0.2) is 42.7 Å². The van der Waals surface area contributed by atoms with E-state index in [9.17, 15) is 18.0 Å². The Hall–Kier alpha value is -3.89. The van der Waals surface area contributed by atoms with Gasteiger partial charge in [0.05, 0.1) is 11.4 Å². The van der Waals surface area contributed by atoms with E-state index in [4.69, 9.17) is 9.90 Å². The topological polar surface area (TPSA) is 118 Å². The zero-order chi connectivity index (χ0) is 23.7. The Balaban J connectivity index is 0.00000114. The lowest BCUT2D eigenvalue weighted by Crippen LogP contribution is -2.26. The number of amides is 1. The van der Waals surface area contributed by atoms with Crippen LogP contribution >= 0.6 is 0 Å². The van der Waals surface area contributed by atoms with Gasteiger partial charge in [-0.3, -0.25) is 19.6 Å². The Morgan fingerprint density at radius 1 is 1.12 bits per heavy atom. The van der Waals surface area contributed by atoms with Crippen LogP contribution in [0.5, 0.6) is 0 Å². The van der Waals surface area contributed by atoms with Crippen molar-refractivity contribution in [2.75, 3.05) is 6.54 Å². The van der Waals surface area contributed by atoms with Crippen molar-refractivity contribution in [1.29, 1.82) is 0 Å². The summed E-state index contributed by atoms with van der Waals surface area (Å²) < 4.78 is 38.6. The van der Waals surface area contributed by atoms with Gasteiger partial charge >= 0.3 is 6.18 Å². The van der Waals surface area contributed by atoms with Crippen molar-refractivity contribution < 1.29 is 27.9 Å². The molecule has 168 valence electrons. The van der Waals surface area contributed by atoms with E-state index in [-0.39, 0.29) is 36.9 Å². The van der Waals surface area contributed by atoms with Crippen LogP contribution in [0.2, 0.25) is 0 Å².